The second-order valence-electron chi connectivity index (χ2n) is 28.6. The predicted molar refractivity (Wildman–Crippen MR) is 385 cm³/mol. The number of aliphatic carboxylic acids is 1. The third-order valence-corrected chi connectivity index (χ3v) is 24.2. The monoisotopic (exact) mass is 1560 g/mol. The van der Waals surface area contributed by atoms with E-state index in [1.807, 2.05) is 0 Å². The smallest absolute Gasteiger partial charge is 0.303 e. The van der Waals surface area contributed by atoms with Crippen molar-refractivity contribution in [3.05, 3.63) is 0 Å². The number of rotatable bonds is 54. The minimum Gasteiger partial charge on any atom is -0.481 e. The number of sulfonamides is 5. The van der Waals surface area contributed by atoms with Crippen LogP contribution in [-0.4, -0.2) is 271 Å². The van der Waals surface area contributed by atoms with Gasteiger partial charge in [-0.05, 0) is 81.5 Å². The number of nitrogens with zero attached hydrogens (tertiary/aromatic N) is 5. The van der Waals surface area contributed by atoms with E-state index in [1.54, 1.807) is 83.1 Å². The summed E-state index contributed by atoms with van der Waals surface area (Å²) in [5.41, 5.74) is 16.3. The van der Waals surface area contributed by atoms with Crippen LogP contribution in [0.5, 0.6) is 0 Å². The molecule has 0 unspecified atom stereocenters. The number of carbonyl (C=O) groups is 10. The first-order valence-corrected chi connectivity index (χ1v) is 42.3. The molecule has 0 aromatic heterocycles. The first-order chi connectivity index (χ1) is 46.6. The van der Waals surface area contributed by atoms with Gasteiger partial charge in [0.05, 0.1) is 62.0 Å². The Balaban J connectivity index is 7.02. The fourth-order valence-corrected chi connectivity index (χ4v) is 18.3. The molecule has 0 aliphatic heterocycles. The molecule has 0 fully saturated rings. The molecular formula is C61H119N15O21S5. The Hall–Kier alpha value is -5.79. The minimum absolute atomic E-state index is 0.0692. The molecule has 0 aromatic carbocycles. The number of hydrogen-bond acceptors (Lipinski definition) is 21. The van der Waals surface area contributed by atoms with E-state index in [0.29, 0.717) is 4.31 Å². The molecule has 0 saturated heterocycles. The molecule has 102 heavy (non-hydrogen) atoms. The maximum Gasteiger partial charge on any atom is 0.303 e. The van der Waals surface area contributed by atoms with Crippen molar-refractivity contribution in [2.75, 3.05) is 101 Å². The van der Waals surface area contributed by atoms with Crippen molar-refractivity contribution in [2.24, 2.45) is 52.7 Å². The lowest BCUT2D eigenvalue weighted by Gasteiger charge is -2.32. The number of amides is 9. The Morgan fingerprint density at radius 3 is 1.02 bits per heavy atom. The Labute approximate surface area is 605 Å². The van der Waals surface area contributed by atoms with Gasteiger partial charge in [0.25, 0.3) is 0 Å². The number of primary amides is 2. The van der Waals surface area contributed by atoms with Gasteiger partial charge >= 0.3 is 5.97 Å². The Bertz CT molecular complexity index is 3360. The van der Waals surface area contributed by atoms with Crippen LogP contribution in [0.25, 0.3) is 0 Å². The van der Waals surface area contributed by atoms with Crippen molar-refractivity contribution in [3.8, 4) is 0 Å². The fraction of sp³-hybridized carbons (Fsp3) is 0.836. The third kappa shape index (κ3) is 41.0. The van der Waals surface area contributed by atoms with Gasteiger partial charge in [-0.15, -0.1) is 0 Å². The quantitative estimate of drug-likeness (QED) is 0.0287. The summed E-state index contributed by atoms with van der Waals surface area (Å²) in [6.45, 7) is 16.9. The van der Waals surface area contributed by atoms with E-state index in [9.17, 15) is 95.1 Å². The summed E-state index contributed by atoms with van der Waals surface area (Å²) in [7, 11) is -21.6. The van der Waals surface area contributed by atoms with Crippen LogP contribution >= 0.6 is 0 Å². The molecule has 594 valence electrons. The van der Waals surface area contributed by atoms with Crippen molar-refractivity contribution in [1.82, 2.24) is 58.7 Å². The predicted octanol–water partition coefficient (Wildman–Crippen LogP) is -3.09. The summed E-state index contributed by atoms with van der Waals surface area (Å²) in [6, 6.07) is -8.05. The van der Waals surface area contributed by atoms with Crippen LogP contribution in [0.15, 0.2) is 0 Å². The summed E-state index contributed by atoms with van der Waals surface area (Å²) in [5.74, 6) is -13.2. The first kappa shape index (κ1) is 96.2. The average Bonchev–Trinajstić information content (AvgIpc) is 0.846. The topological polar surface area (TPSA) is 540 Å². The van der Waals surface area contributed by atoms with Gasteiger partial charge in [-0.25, -0.2) is 42.1 Å². The van der Waals surface area contributed by atoms with Gasteiger partial charge in [0.15, 0.2) is 0 Å². The Kier molecular flexibility index (Phi) is 42.3. The van der Waals surface area contributed by atoms with Crippen LogP contribution in [0.4, 0.5) is 0 Å². The zero-order valence-electron chi connectivity index (χ0n) is 62.2. The van der Waals surface area contributed by atoms with E-state index in [0.717, 1.165) is 30.4 Å². The van der Waals surface area contributed by atoms with Crippen LogP contribution in [0.3, 0.4) is 0 Å². The summed E-state index contributed by atoms with van der Waals surface area (Å²) < 4.78 is 142. The minimum atomic E-state index is -4.44. The summed E-state index contributed by atoms with van der Waals surface area (Å²) in [5, 5.41) is 27.3. The molecule has 0 aliphatic rings. The lowest BCUT2D eigenvalue weighted by atomic mass is 10.0. The lowest BCUT2D eigenvalue weighted by molar-refractivity contribution is -0.138. The zero-order chi connectivity index (χ0) is 79.2. The van der Waals surface area contributed by atoms with Crippen molar-refractivity contribution < 1.29 is 95.1 Å². The molecule has 41 heteroatoms. The van der Waals surface area contributed by atoms with Gasteiger partial charge in [0.2, 0.25) is 103 Å². The van der Waals surface area contributed by atoms with Crippen LogP contribution in [0.1, 0.15) is 149 Å². The number of carboxylic acids is 1. The van der Waals surface area contributed by atoms with E-state index in [4.69, 9.17) is 17.2 Å². The number of hydrogen-bond donors (Lipinski definition) is 11. The normalized spacial score (nSPS) is 14.8. The standard InChI is InChI=1S/C61H119N15O21S5/c1-39(2)23-48(68-57(82)34-76(102(96,97)38-44(11)12)30-50(25-41(5)6)70-61(87)52(67-47(15)77)18-20-59(84)85)28-74(99(90,91)22-21-62)33-56(81)69-49(24-40(3)4)29-75(101(94,95)37-43(9)10)32-55(80)65-45(13)26-72(98(16,88)89)31-54(79)66-46(14)27-73(100(92,93)36-42(7)8)35-58(83)71-51(60(64)86)17-19-53(63)78/h39-46,48-52H,17-38,62H2,1-16H3,(H2,63,78)(H2,64,86)(H,65,80)(H,66,79)(H,67,77)(H,68,82)(H,69,81)(H,70,87)(H,71,83)(H,84,85)/t45-,46-,48-,49-,50-,51-,52-/m0/s1. The number of nitrogens with one attached hydrogen (secondary N) is 7. The van der Waals surface area contributed by atoms with Crippen molar-refractivity contribution in [3.63, 3.8) is 0 Å². The molecule has 14 N–H and O–H groups in total. The van der Waals surface area contributed by atoms with Crippen LogP contribution in [0, 0.1) is 35.5 Å². The summed E-state index contributed by atoms with van der Waals surface area (Å²) in [6.07, 6.45) is -0.261. The second-order valence-corrected chi connectivity index (χ2v) is 38.7. The highest BCUT2D eigenvalue weighted by Gasteiger charge is 2.37. The Morgan fingerprint density at radius 2 is 0.706 bits per heavy atom. The fourth-order valence-electron chi connectivity index (χ4n) is 10.8. The van der Waals surface area contributed by atoms with E-state index < -0.39 is 271 Å². The molecule has 0 aliphatic carbocycles. The van der Waals surface area contributed by atoms with Crippen LogP contribution < -0.4 is 54.4 Å². The Morgan fingerprint density at radius 1 is 0.392 bits per heavy atom. The van der Waals surface area contributed by atoms with E-state index in [1.165, 1.54) is 13.8 Å². The van der Waals surface area contributed by atoms with E-state index >= 15 is 0 Å². The maximum atomic E-state index is 14.3. The van der Waals surface area contributed by atoms with Crippen LogP contribution in [-0.2, 0) is 98.1 Å². The molecule has 0 radical (unpaired) electrons. The molecule has 0 spiro atoms. The molecule has 36 nitrogen and oxygen atoms in total. The average molecular weight is 1560 g/mol. The highest BCUT2D eigenvalue weighted by Crippen LogP contribution is 2.18. The molecule has 7 atom stereocenters. The van der Waals surface area contributed by atoms with Gasteiger partial charge in [-0.3, -0.25) is 47.9 Å². The van der Waals surface area contributed by atoms with E-state index in [2.05, 4.69) is 37.2 Å². The largest absolute Gasteiger partial charge is 0.481 e. The van der Waals surface area contributed by atoms with Gasteiger partial charge in [0.1, 0.15) is 12.1 Å². The SMILES string of the molecule is CC(=O)N[C@@H](CCC(=O)O)C(=O)N[C@@H](CC(C)C)CN(CC(=O)N[C@@H](CC(C)C)CN(CC(=O)N[C@@H](CC(C)C)CN(CC(=O)N[C@@H](C)CN(CC(=O)N[C@@H](C)CN(CC(=O)N[C@@H](CCC(N)=O)C(N)=O)S(=O)(=O)CC(C)C)S(C)(=O)=O)S(=O)(=O)CC(C)C)S(=O)(=O)CCN)S(=O)(=O)CC(C)C. The molecule has 0 bridgehead atoms. The number of nitrogens with two attached hydrogens (primary N) is 3. The highest BCUT2D eigenvalue weighted by molar-refractivity contribution is 7.90. The molecule has 0 heterocycles. The number of carboxylic acid groups (broad SMARTS) is 1. The van der Waals surface area contributed by atoms with Crippen molar-refractivity contribution >= 4 is 109 Å². The molecule has 0 saturated carbocycles. The molecule has 0 aromatic rings. The van der Waals surface area contributed by atoms with Gasteiger partial charge in [-0.2, -0.15) is 21.5 Å². The van der Waals surface area contributed by atoms with Gasteiger partial charge in [0, 0.05) is 89.2 Å². The molecule has 0 rings (SSSR count). The zero-order valence-corrected chi connectivity index (χ0v) is 66.3. The summed E-state index contributed by atoms with van der Waals surface area (Å²) in [4.78, 5) is 130. The highest BCUT2D eigenvalue weighted by atomic mass is 32.2. The number of carbonyl (C=O) groups excluding carboxylic acids is 9. The second kappa shape index (κ2) is 44.9. The van der Waals surface area contributed by atoms with Crippen molar-refractivity contribution in [2.45, 2.75) is 191 Å². The van der Waals surface area contributed by atoms with Crippen molar-refractivity contribution in [1.29, 1.82) is 0 Å². The van der Waals surface area contributed by atoms with Gasteiger partial charge in [-0.1, -0.05) is 83.1 Å². The van der Waals surface area contributed by atoms with E-state index in [-0.39, 0.29) is 56.3 Å². The van der Waals surface area contributed by atoms with Gasteiger partial charge < -0.3 is 59.5 Å². The molecular weight excluding hydrogens is 1440 g/mol. The first-order valence-electron chi connectivity index (χ1n) is 34.0. The lowest BCUT2D eigenvalue weighted by Crippen LogP contribution is -2.56. The molecule has 9 amide bonds. The van der Waals surface area contributed by atoms with Crippen LogP contribution in [0.2, 0.25) is 0 Å². The maximum absolute atomic E-state index is 14.3. The summed E-state index contributed by atoms with van der Waals surface area (Å²) >= 11 is 0. The third-order valence-electron chi connectivity index (χ3n) is 14.7.